The molecule has 1 aromatic rings. The summed E-state index contributed by atoms with van der Waals surface area (Å²) in [6, 6.07) is 7.46. The largest absolute Gasteiger partial charge is 0.496 e. The summed E-state index contributed by atoms with van der Waals surface area (Å²) in [7, 11) is 4.35. The highest BCUT2D eigenvalue weighted by molar-refractivity contribution is 7.99. The van der Waals surface area contributed by atoms with Crippen molar-refractivity contribution in [3.63, 3.8) is 0 Å². The van der Waals surface area contributed by atoms with E-state index in [1.807, 2.05) is 37.4 Å². The fraction of sp³-hybridized carbons (Fsp3) is 0.412. The Labute approximate surface area is 152 Å². The van der Waals surface area contributed by atoms with Gasteiger partial charge >= 0.3 is 5.97 Å². The zero-order chi connectivity index (χ0) is 18.7. The molecule has 1 rings (SSSR count). The minimum absolute atomic E-state index is 0.124. The third kappa shape index (κ3) is 6.77. The summed E-state index contributed by atoms with van der Waals surface area (Å²) in [4.78, 5) is 21.9. The van der Waals surface area contributed by atoms with Crippen LogP contribution >= 0.6 is 11.8 Å². The van der Waals surface area contributed by atoms with Crippen LogP contribution in [0.5, 0.6) is 0 Å². The fourth-order valence-corrected chi connectivity index (χ4v) is 2.35. The van der Waals surface area contributed by atoms with Crippen molar-refractivity contribution in [2.45, 2.75) is 18.4 Å². The molecule has 0 saturated heterocycles. The predicted molar refractivity (Wildman–Crippen MR) is 98.9 cm³/mol. The minimum Gasteiger partial charge on any atom is -0.496 e. The third-order valence-corrected chi connectivity index (χ3v) is 3.96. The van der Waals surface area contributed by atoms with Gasteiger partial charge in [0.05, 0.1) is 33.6 Å². The molecular formula is C17H24N2O5S. The molecule has 0 fully saturated rings. The molecule has 1 aromatic carbocycles. The lowest BCUT2D eigenvalue weighted by atomic mass is 10.0. The molecule has 0 aliphatic heterocycles. The van der Waals surface area contributed by atoms with Crippen molar-refractivity contribution in [3.8, 4) is 0 Å². The highest BCUT2D eigenvalue weighted by atomic mass is 32.2. The fourth-order valence-electron chi connectivity index (χ4n) is 1.98. The quantitative estimate of drug-likeness (QED) is 0.170. The maximum Gasteiger partial charge on any atom is 0.334 e. The van der Waals surface area contributed by atoms with Crippen LogP contribution in [0.1, 0.15) is 24.2 Å². The minimum atomic E-state index is -0.494. The first-order chi connectivity index (χ1) is 12.1. The van der Waals surface area contributed by atoms with Gasteiger partial charge in [-0.1, -0.05) is 29.4 Å². The maximum absolute atomic E-state index is 11.5. The van der Waals surface area contributed by atoms with E-state index in [9.17, 15) is 4.79 Å². The number of esters is 1. The van der Waals surface area contributed by atoms with Gasteiger partial charge in [0.1, 0.15) is 11.1 Å². The number of nitrogens with zero attached hydrogens (tertiary/aromatic N) is 1. The zero-order valence-corrected chi connectivity index (χ0v) is 15.8. The second kappa shape index (κ2) is 11.5. The van der Waals surface area contributed by atoms with Crippen molar-refractivity contribution in [2.75, 3.05) is 27.6 Å². The van der Waals surface area contributed by atoms with E-state index in [2.05, 4.69) is 15.4 Å². The molecule has 7 nitrogen and oxygen atoms in total. The lowest BCUT2D eigenvalue weighted by Crippen LogP contribution is -2.25. The molecule has 1 N–H and O–H groups in total. The van der Waals surface area contributed by atoms with Gasteiger partial charge in [-0.2, -0.15) is 5.48 Å². The molecule has 2 unspecified atom stereocenters. The first kappa shape index (κ1) is 21.0. The normalized spacial score (nSPS) is 14.2. The van der Waals surface area contributed by atoms with E-state index in [0.29, 0.717) is 5.76 Å². The van der Waals surface area contributed by atoms with Crippen molar-refractivity contribution in [3.05, 3.63) is 41.5 Å². The van der Waals surface area contributed by atoms with Crippen LogP contribution in [0.4, 0.5) is 0 Å². The van der Waals surface area contributed by atoms with Gasteiger partial charge in [0.2, 0.25) is 0 Å². The van der Waals surface area contributed by atoms with Gasteiger partial charge in [-0.3, -0.25) is 0 Å². The molecule has 0 heterocycles. The number of thioether (sulfide) groups is 1. The summed E-state index contributed by atoms with van der Waals surface area (Å²) in [5, 5.41) is 3.88. The van der Waals surface area contributed by atoms with Crippen LogP contribution in [-0.2, 0) is 23.9 Å². The molecule has 0 spiro atoms. The summed E-state index contributed by atoms with van der Waals surface area (Å²) in [5.41, 5.74) is 4.33. The number of hydroxylamine groups is 1. The molecule has 0 aromatic heterocycles. The van der Waals surface area contributed by atoms with Crippen molar-refractivity contribution in [1.82, 2.24) is 5.48 Å². The molecule has 2 atom stereocenters. The highest BCUT2D eigenvalue weighted by Crippen LogP contribution is 2.27. The van der Waals surface area contributed by atoms with Gasteiger partial charge < -0.3 is 19.1 Å². The molecule has 8 heteroatoms. The van der Waals surface area contributed by atoms with E-state index in [0.717, 1.165) is 11.1 Å². The van der Waals surface area contributed by atoms with Gasteiger partial charge in [0.25, 0.3) is 0 Å². The molecular weight excluding hydrogens is 344 g/mol. The number of oxime groups is 1. The van der Waals surface area contributed by atoms with E-state index in [1.54, 1.807) is 6.21 Å². The number of carbonyl (C=O) groups is 1. The molecule has 0 saturated carbocycles. The standard InChI is InChI=1S/C17H24N2O5S/c1-12(24-18-11-16(25-5)19-23-4)13-8-6-7-9-14(13)15(21-2)10-17(20)22-3/h6-12,16,19H,1-5H3. The second-order valence-electron chi connectivity index (χ2n) is 4.80. The van der Waals surface area contributed by atoms with Crippen LogP contribution in [0.25, 0.3) is 5.76 Å². The smallest absolute Gasteiger partial charge is 0.334 e. The van der Waals surface area contributed by atoms with Gasteiger partial charge in [-0.25, -0.2) is 4.79 Å². The molecule has 0 amide bonds. The van der Waals surface area contributed by atoms with Crippen LogP contribution in [0.2, 0.25) is 0 Å². The topological polar surface area (TPSA) is 78.4 Å². The number of rotatable bonds is 10. The summed E-state index contributed by atoms with van der Waals surface area (Å²) in [5.74, 6) is -0.100. The Balaban J connectivity index is 2.96. The van der Waals surface area contributed by atoms with Crippen molar-refractivity contribution >= 4 is 29.7 Å². The number of hydrogen-bond donors (Lipinski definition) is 1. The van der Waals surface area contributed by atoms with E-state index in [1.165, 1.54) is 39.2 Å². The van der Waals surface area contributed by atoms with E-state index in [-0.39, 0.29) is 11.5 Å². The van der Waals surface area contributed by atoms with Gasteiger partial charge in [0, 0.05) is 11.1 Å². The van der Waals surface area contributed by atoms with Gasteiger partial charge in [-0.05, 0) is 13.2 Å². The van der Waals surface area contributed by atoms with Crippen molar-refractivity contribution in [1.29, 1.82) is 0 Å². The summed E-state index contributed by atoms with van der Waals surface area (Å²) in [6.45, 7) is 1.86. The van der Waals surface area contributed by atoms with Crippen LogP contribution in [0.3, 0.4) is 0 Å². The van der Waals surface area contributed by atoms with Crippen LogP contribution in [0.15, 0.2) is 35.5 Å². The summed E-state index contributed by atoms with van der Waals surface area (Å²) in [6.07, 6.45) is 4.47. The third-order valence-electron chi connectivity index (χ3n) is 3.24. The average Bonchev–Trinajstić information content (AvgIpc) is 2.64. The Hall–Kier alpha value is -2.03. The monoisotopic (exact) mass is 368 g/mol. The Morgan fingerprint density at radius 2 is 1.96 bits per heavy atom. The Morgan fingerprint density at radius 3 is 2.56 bits per heavy atom. The molecule has 0 radical (unpaired) electrons. The molecule has 0 aliphatic carbocycles. The van der Waals surface area contributed by atoms with Gasteiger partial charge in [0.15, 0.2) is 6.10 Å². The average molecular weight is 368 g/mol. The Kier molecular flexibility index (Phi) is 9.68. The van der Waals surface area contributed by atoms with Crippen LogP contribution in [-0.4, -0.2) is 45.1 Å². The number of nitrogens with one attached hydrogen (secondary N) is 1. The van der Waals surface area contributed by atoms with E-state index >= 15 is 0 Å². The SMILES string of the molecule is CONC(C=NOC(C)c1ccccc1C(=CC(=O)OC)OC)SC. The molecule has 138 valence electrons. The molecule has 0 bridgehead atoms. The summed E-state index contributed by atoms with van der Waals surface area (Å²) >= 11 is 1.52. The predicted octanol–water partition coefficient (Wildman–Crippen LogP) is 2.75. The Morgan fingerprint density at radius 1 is 1.24 bits per heavy atom. The lowest BCUT2D eigenvalue weighted by Gasteiger charge is -2.16. The van der Waals surface area contributed by atoms with Crippen molar-refractivity contribution in [2.24, 2.45) is 5.16 Å². The Bertz CT molecular complexity index is 606. The maximum atomic E-state index is 11.5. The first-order valence-corrected chi connectivity index (χ1v) is 8.79. The van der Waals surface area contributed by atoms with E-state index in [4.69, 9.17) is 14.4 Å². The van der Waals surface area contributed by atoms with Crippen molar-refractivity contribution < 1.29 is 23.9 Å². The van der Waals surface area contributed by atoms with Crippen LogP contribution < -0.4 is 5.48 Å². The number of benzene rings is 1. The van der Waals surface area contributed by atoms with Gasteiger partial charge in [-0.15, -0.1) is 11.8 Å². The number of carbonyl (C=O) groups excluding carboxylic acids is 1. The highest BCUT2D eigenvalue weighted by Gasteiger charge is 2.16. The lowest BCUT2D eigenvalue weighted by molar-refractivity contribution is -0.134. The second-order valence-corrected chi connectivity index (χ2v) is 5.78. The molecule has 0 aliphatic rings. The zero-order valence-electron chi connectivity index (χ0n) is 15.0. The number of methoxy groups -OCH3 is 2. The van der Waals surface area contributed by atoms with E-state index < -0.39 is 5.97 Å². The number of hydrogen-bond acceptors (Lipinski definition) is 8. The van der Waals surface area contributed by atoms with Crippen LogP contribution in [0, 0.1) is 0 Å². The molecule has 25 heavy (non-hydrogen) atoms. The first-order valence-electron chi connectivity index (χ1n) is 7.50. The number of ether oxygens (including phenoxy) is 2. The summed E-state index contributed by atoms with van der Waals surface area (Å²) < 4.78 is 9.99.